The number of nitrogens with two attached hydrogens (primary N) is 1. The van der Waals surface area contributed by atoms with Crippen molar-refractivity contribution in [1.82, 2.24) is 14.9 Å². The molecular weight excluding hydrogens is 488 g/mol. The molecule has 0 fully saturated rings. The normalized spacial score (nSPS) is 16.6. The van der Waals surface area contributed by atoms with Gasteiger partial charge in [0, 0.05) is 49.2 Å². The van der Waals surface area contributed by atoms with Crippen LogP contribution >= 0.6 is 0 Å². The van der Waals surface area contributed by atoms with Gasteiger partial charge in [-0.1, -0.05) is 54.6 Å². The van der Waals surface area contributed by atoms with Crippen LogP contribution in [0, 0.1) is 0 Å². The molecule has 2 aliphatic rings. The maximum absolute atomic E-state index is 13.1. The van der Waals surface area contributed by atoms with E-state index in [1.54, 1.807) is 11.1 Å². The number of fused-ring (bicyclic) bond motifs is 1. The summed E-state index contributed by atoms with van der Waals surface area (Å²) in [6.07, 6.45) is 3.88. The second-order valence-corrected chi connectivity index (χ2v) is 9.85. The summed E-state index contributed by atoms with van der Waals surface area (Å²) >= 11 is 0. The van der Waals surface area contributed by atoms with Gasteiger partial charge in [0.25, 0.3) is 0 Å². The van der Waals surface area contributed by atoms with Crippen LogP contribution in [0.4, 0.5) is 16.2 Å². The van der Waals surface area contributed by atoms with Crippen LogP contribution in [0.15, 0.2) is 102 Å². The molecule has 8 heteroatoms. The number of carbonyl (C=O) groups is 2. The van der Waals surface area contributed by atoms with E-state index in [1.807, 2.05) is 91.1 Å². The van der Waals surface area contributed by atoms with Crippen molar-refractivity contribution in [3.8, 4) is 0 Å². The minimum atomic E-state index is -0.168. The van der Waals surface area contributed by atoms with Gasteiger partial charge in [-0.15, -0.1) is 0 Å². The first-order valence-corrected chi connectivity index (χ1v) is 12.9. The average Bonchev–Trinajstić information content (AvgIpc) is 3.41. The number of urea groups is 1. The van der Waals surface area contributed by atoms with Crippen molar-refractivity contribution in [3.63, 3.8) is 0 Å². The maximum Gasteiger partial charge on any atom is 0.322 e. The number of pyridine rings is 1. The Morgan fingerprint density at radius 3 is 2.41 bits per heavy atom. The molecule has 4 aromatic rings. The highest BCUT2D eigenvalue weighted by Crippen LogP contribution is 2.31. The van der Waals surface area contributed by atoms with Crippen molar-refractivity contribution in [2.75, 3.05) is 11.1 Å². The van der Waals surface area contributed by atoms with E-state index in [1.165, 1.54) is 5.01 Å². The predicted octanol–water partition coefficient (Wildman–Crippen LogP) is 5.13. The highest BCUT2D eigenvalue weighted by Gasteiger charge is 2.31. The van der Waals surface area contributed by atoms with E-state index in [0.29, 0.717) is 37.4 Å². The molecule has 1 aromatic heterocycles. The van der Waals surface area contributed by atoms with Crippen molar-refractivity contribution in [2.45, 2.75) is 32.0 Å². The summed E-state index contributed by atoms with van der Waals surface area (Å²) in [5, 5.41) is 9.39. The summed E-state index contributed by atoms with van der Waals surface area (Å²) in [5.74, 6) is -0.200. The number of anilines is 2. The molecule has 2 aliphatic heterocycles. The van der Waals surface area contributed by atoms with Crippen molar-refractivity contribution in [1.29, 1.82) is 0 Å². The number of aromatic nitrogens is 1. The molecule has 6 rings (SSSR count). The Morgan fingerprint density at radius 2 is 1.67 bits per heavy atom. The van der Waals surface area contributed by atoms with Gasteiger partial charge < -0.3 is 16.0 Å². The number of amides is 3. The molecule has 3 heterocycles. The number of nitrogen functional groups attached to an aromatic ring is 1. The Morgan fingerprint density at radius 1 is 0.923 bits per heavy atom. The summed E-state index contributed by atoms with van der Waals surface area (Å²) in [6.45, 7) is 1.47. The molecule has 3 aromatic carbocycles. The number of nitrogens with zero attached hydrogens (tertiary/aromatic N) is 4. The molecule has 0 aliphatic carbocycles. The van der Waals surface area contributed by atoms with Gasteiger partial charge in [-0.3, -0.25) is 9.78 Å². The zero-order chi connectivity index (χ0) is 26.8. The lowest BCUT2D eigenvalue weighted by molar-refractivity contribution is -0.132. The average molecular weight is 517 g/mol. The number of carbonyl (C=O) groups excluding carboxylic acids is 2. The second kappa shape index (κ2) is 10.4. The zero-order valence-corrected chi connectivity index (χ0v) is 21.3. The fraction of sp³-hybridized carbons (Fsp3) is 0.161. The van der Waals surface area contributed by atoms with Gasteiger partial charge >= 0.3 is 6.03 Å². The van der Waals surface area contributed by atoms with E-state index in [9.17, 15) is 9.59 Å². The van der Waals surface area contributed by atoms with E-state index in [2.05, 4.69) is 10.3 Å². The monoisotopic (exact) mass is 516 g/mol. The van der Waals surface area contributed by atoms with Gasteiger partial charge in [0.15, 0.2) is 0 Å². The molecule has 39 heavy (non-hydrogen) atoms. The van der Waals surface area contributed by atoms with Gasteiger partial charge in [0.2, 0.25) is 5.91 Å². The highest BCUT2D eigenvalue weighted by atomic mass is 16.2. The van der Waals surface area contributed by atoms with E-state index >= 15 is 0 Å². The third-order valence-electron chi connectivity index (χ3n) is 7.19. The number of nitrogens with one attached hydrogen (secondary N) is 1. The molecule has 0 spiro atoms. The molecule has 8 nitrogen and oxygen atoms in total. The van der Waals surface area contributed by atoms with E-state index < -0.39 is 0 Å². The first-order valence-electron chi connectivity index (χ1n) is 12.9. The lowest BCUT2D eigenvalue weighted by Gasteiger charge is -2.30. The fourth-order valence-corrected chi connectivity index (χ4v) is 5.06. The summed E-state index contributed by atoms with van der Waals surface area (Å²) in [7, 11) is 0. The van der Waals surface area contributed by atoms with Gasteiger partial charge in [-0.05, 0) is 58.1 Å². The Labute approximate surface area is 226 Å². The Kier molecular flexibility index (Phi) is 6.50. The zero-order valence-electron chi connectivity index (χ0n) is 21.3. The SMILES string of the molecule is Nc1ccc(CN2N=C(c3ccc(NC(=O)N4Cc5ccncc5C4)cc3)C(c3ccccc3)CC2=O)cc1. The van der Waals surface area contributed by atoms with Crippen molar-refractivity contribution < 1.29 is 9.59 Å². The van der Waals surface area contributed by atoms with Crippen LogP contribution < -0.4 is 11.1 Å². The van der Waals surface area contributed by atoms with Gasteiger partial charge in [0.1, 0.15) is 0 Å². The fourth-order valence-electron chi connectivity index (χ4n) is 5.06. The summed E-state index contributed by atoms with van der Waals surface area (Å²) in [6, 6.07) is 26.9. The number of hydrogen-bond acceptors (Lipinski definition) is 5. The number of hydrogen-bond donors (Lipinski definition) is 2. The van der Waals surface area contributed by atoms with Crippen molar-refractivity contribution >= 4 is 29.0 Å². The summed E-state index contributed by atoms with van der Waals surface area (Å²) in [5.41, 5.74) is 13.1. The number of rotatable bonds is 5. The van der Waals surface area contributed by atoms with Crippen LogP contribution in [-0.2, 0) is 24.4 Å². The predicted molar refractivity (Wildman–Crippen MR) is 151 cm³/mol. The van der Waals surface area contributed by atoms with E-state index in [-0.39, 0.29) is 17.9 Å². The molecule has 3 N–H and O–H groups in total. The third kappa shape index (κ3) is 5.22. The summed E-state index contributed by atoms with van der Waals surface area (Å²) < 4.78 is 0. The minimum Gasteiger partial charge on any atom is -0.399 e. The maximum atomic E-state index is 13.1. The smallest absolute Gasteiger partial charge is 0.322 e. The Bertz CT molecular complexity index is 1510. The molecule has 0 bridgehead atoms. The number of benzene rings is 3. The van der Waals surface area contributed by atoms with Gasteiger partial charge in [-0.2, -0.15) is 5.10 Å². The van der Waals surface area contributed by atoms with Crippen LogP contribution in [0.5, 0.6) is 0 Å². The lowest BCUT2D eigenvalue weighted by atomic mass is 9.86. The van der Waals surface area contributed by atoms with Gasteiger partial charge in [-0.25, -0.2) is 9.80 Å². The molecule has 1 atom stereocenters. The van der Waals surface area contributed by atoms with Crippen molar-refractivity contribution in [3.05, 3.63) is 125 Å². The highest BCUT2D eigenvalue weighted by molar-refractivity contribution is 6.09. The molecular formula is C31H28N6O2. The van der Waals surface area contributed by atoms with Crippen LogP contribution in [-0.4, -0.2) is 32.5 Å². The molecule has 0 saturated heterocycles. The van der Waals surface area contributed by atoms with Crippen molar-refractivity contribution in [2.24, 2.45) is 5.10 Å². The molecule has 1 unspecified atom stereocenters. The van der Waals surface area contributed by atoms with Crippen LogP contribution in [0.3, 0.4) is 0 Å². The first kappa shape index (κ1) is 24.4. The van der Waals surface area contributed by atoms with Gasteiger partial charge in [0.05, 0.1) is 12.3 Å². The quantitative estimate of drug-likeness (QED) is 0.359. The van der Waals surface area contributed by atoms with E-state index in [0.717, 1.165) is 33.5 Å². The first-order chi connectivity index (χ1) is 19.0. The molecule has 194 valence electrons. The Hall–Kier alpha value is -4.98. The molecule has 3 amide bonds. The topological polar surface area (TPSA) is 104 Å². The Balaban J connectivity index is 1.23. The van der Waals surface area contributed by atoms with E-state index in [4.69, 9.17) is 10.8 Å². The largest absolute Gasteiger partial charge is 0.399 e. The molecule has 0 radical (unpaired) electrons. The minimum absolute atomic E-state index is 0.0323. The third-order valence-corrected chi connectivity index (χ3v) is 7.19. The van der Waals surface area contributed by atoms with Crippen LogP contribution in [0.2, 0.25) is 0 Å². The van der Waals surface area contributed by atoms with Crippen LogP contribution in [0.25, 0.3) is 0 Å². The molecule has 0 saturated carbocycles. The van der Waals surface area contributed by atoms with Crippen LogP contribution in [0.1, 0.15) is 40.2 Å². The number of hydrazone groups is 1. The summed E-state index contributed by atoms with van der Waals surface area (Å²) in [4.78, 5) is 32.0. The lowest BCUT2D eigenvalue weighted by Crippen LogP contribution is -2.36. The second-order valence-electron chi connectivity index (χ2n) is 9.85. The standard InChI is InChI=1S/C31H28N6O2/c32-26-10-6-21(7-11-26)18-37-29(38)16-28(22-4-2-1-3-5-22)30(35-37)23-8-12-27(13-9-23)34-31(39)36-19-24-14-15-33-17-25(24)20-36/h1-15,17,28H,16,18-20,32H2,(H,34,39).